The van der Waals surface area contributed by atoms with Gasteiger partial charge in [0, 0.05) is 11.1 Å². The number of carbonyl (C=O) groups is 3. The summed E-state index contributed by atoms with van der Waals surface area (Å²) in [5.41, 5.74) is 2.73. The molecule has 158 valence electrons. The highest BCUT2D eigenvalue weighted by atomic mass is 35.5. The maximum atomic E-state index is 12.9. The van der Waals surface area contributed by atoms with E-state index in [2.05, 4.69) is 5.32 Å². The van der Waals surface area contributed by atoms with Crippen molar-refractivity contribution in [1.29, 1.82) is 0 Å². The normalized spacial score (nSPS) is 10.5. The van der Waals surface area contributed by atoms with E-state index in [1.54, 1.807) is 49.4 Å². The van der Waals surface area contributed by atoms with Crippen LogP contribution in [0.2, 0.25) is 10.0 Å². The van der Waals surface area contributed by atoms with Gasteiger partial charge >= 0.3 is 5.97 Å². The zero-order chi connectivity index (χ0) is 22.5. The third-order valence-electron chi connectivity index (χ3n) is 4.59. The molecule has 0 unspecified atom stereocenters. The van der Waals surface area contributed by atoms with Crippen molar-refractivity contribution in [2.45, 2.75) is 13.8 Å². The van der Waals surface area contributed by atoms with Gasteiger partial charge in [-0.1, -0.05) is 77.3 Å². The lowest BCUT2D eigenvalue weighted by Crippen LogP contribution is -2.22. The molecule has 1 amide bonds. The Morgan fingerprint density at radius 3 is 2.19 bits per heavy atom. The molecule has 0 atom stereocenters. The first-order chi connectivity index (χ1) is 14.8. The summed E-state index contributed by atoms with van der Waals surface area (Å²) >= 11 is 12.3. The molecule has 0 saturated carbocycles. The van der Waals surface area contributed by atoms with Crippen LogP contribution in [-0.2, 0) is 9.53 Å². The SMILES string of the molecule is Cc1ccc(C(=O)c2ccccc2C(=O)OCC(=O)Nc2c(Cl)ccc(C)c2Cl)cc1. The van der Waals surface area contributed by atoms with Crippen molar-refractivity contribution in [1.82, 2.24) is 0 Å². The summed E-state index contributed by atoms with van der Waals surface area (Å²) < 4.78 is 5.13. The second-order valence-corrected chi connectivity index (χ2v) is 7.70. The Bertz CT molecular complexity index is 1160. The monoisotopic (exact) mass is 455 g/mol. The Kier molecular flexibility index (Phi) is 7.10. The number of esters is 1. The summed E-state index contributed by atoms with van der Waals surface area (Å²) in [6.45, 7) is 3.13. The van der Waals surface area contributed by atoms with E-state index in [0.29, 0.717) is 10.6 Å². The summed E-state index contributed by atoms with van der Waals surface area (Å²) in [4.78, 5) is 37.7. The van der Waals surface area contributed by atoms with Gasteiger partial charge in [-0.25, -0.2) is 4.79 Å². The topological polar surface area (TPSA) is 72.5 Å². The number of carbonyl (C=O) groups excluding carboxylic acids is 3. The van der Waals surface area contributed by atoms with E-state index in [1.807, 2.05) is 19.1 Å². The van der Waals surface area contributed by atoms with Crippen LogP contribution in [-0.4, -0.2) is 24.3 Å². The molecule has 1 N–H and O–H groups in total. The van der Waals surface area contributed by atoms with Crippen LogP contribution >= 0.6 is 23.2 Å². The number of nitrogens with one attached hydrogen (secondary N) is 1. The van der Waals surface area contributed by atoms with Crippen LogP contribution in [0.5, 0.6) is 0 Å². The molecule has 31 heavy (non-hydrogen) atoms. The zero-order valence-electron chi connectivity index (χ0n) is 16.9. The van der Waals surface area contributed by atoms with Crippen molar-refractivity contribution in [3.63, 3.8) is 0 Å². The molecule has 3 aromatic rings. The molecule has 0 aliphatic heterocycles. The minimum atomic E-state index is -0.785. The minimum Gasteiger partial charge on any atom is -0.452 e. The molecule has 0 saturated heterocycles. The predicted octanol–water partition coefficient (Wildman–Crippen LogP) is 5.64. The van der Waals surface area contributed by atoms with E-state index in [-0.39, 0.29) is 27.6 Å². The summed E-state index contributed by atoms with van der Waals surface area (Å²) in [6.07, 6.45) is 0. The Labute approximate surface area is 189 Å². The number of ether oxygens (including phenoxy) is 1. The first-order valence-electron chi connectivity index (χ1n) is 9.40. The third kappa shape index (κ3) is 5.32. The Hall–Kier alpha value is -3.15. The van der Waals surface area contributed by atoms with Crippen LogP contribution in [0.1, 0.15) is 37.4 Å². The number of benzene rings is 3. The fourth-order valence-corrected chi connectivity index (χ4v) is 3.34. The second kappa shape index (κ2) is 9.77. The molecule has 0 heterocycles. The number of amides is 1. The maximum absolute atomic E-state index is 12.9. The third-order valence-corrected chi connectivity index (χ3v) is 5.39. The maximum Gasteiger partial charge on any atom is 0.339 e. The van der Waals surface area contributed by atoms with Gasteiger partial charge < -0.3 is 10.1 Å². The van der Waals surface area contributed by atoms with Gasteiger partial charge in [0.05, 0.1) is 21.3 Å². The summed E-state index contributed by atoms with van der Waals surface area (Å²) in [6, 6.07) is 16.7. The van der Waals surface area contributed by atoms with Crippen molar-refractivity contribution >= 4 is 46.5 Å². The van der Waals surface area contributed by atoms with Crippen molar-refractivity contribution in [3.05, 3.63) is 98.5 Å². The van der Waals surface area contributed by atoms with E-state index < -0.39 is 18.5 Å². The predicted molar refractivity (Wildman–Crippen MR) is 121 cm³/mol. The largest absolute Gasteiger partial charge is 0.452 e. The van der Waals surface area contributed by atoms with E-state index in [0.717, 1.165) is 11.1 Å². The number of hydrogen-bond acceptors (Lipinski definition) is 4. The Morgan fingerprint density at radius 2 is 1.52 bits per heavy atom. The molecule has 3 aromatic carbocycles. The molecule has 0 aromatic heterocycles. The number of anilines is 1. The molecule has 7 heteroatoms. The van der Waals surface area contributed by atoms with Gasteiger partial charge in [-0.3, -0.25) is 9.59 Å². The molecule has 0 aliphatic carbocycles. The van der Waals surface area contributed by atoms with Crippen LogP contribution in [0.4, 0.5) is 5.69 Å². The fraction of sp³-hybridized carbons (Fsp3) is 0.125. The van der Waals surface area contributed by atoms with E-state index >= 15 is 0 Å². The lowest BCUT2D eigenvalue weighted by atomic mass is 9.98. The van der Waals surface area contributed by atoms with Gasteiger partial charge in [-0.15, -0.1) is 0 Å². The Balaban J connectivity index is 1.72. The first kappa shape index (κ1) is 22.5. The van der Waals surface area contributed by atoms with Crippen molar-refractivity contribution in [3.8, 4) is 0 Å². The molecule has 0 fully saturated rings. The number of hydrogen-bond donors (Lipinski definition) is 1. The van der Waals surface area contributed by atoms with Gasteiger partial charge in [0.25, 0.3) is 5.91 Å². The van der Waals surface area contributed by atoms with Gasteiger partial charge in [0.1, 0.15) is 0 Å². The quantitative estimate of drug-likeness (QED) is 0.385. The number of ketones is 1. The zero-order valence-corrected chi connectivity index (χ0v) is 18.4. The van der Waals surface area contributed by atoms with Crippen molar-refractivity contribution < 1.29 is 19.1 Å². The van der Waals surface area contributed by atoms with E-state index in [9.17, 15) is 14.4 Å². The average Bonchev–Trinajstić information content (AvgIpc) is 2.77. The first-order valence-corrected chi connectivity index (χ1v) is 10.2. The standard InChI is InChI=1S/C24H19Cl2NO4/c1-14-7-10-16(11-8-14)23(29)17-5-3-4-6-18(17)24(30)31-13-20(28)27-22-19(25)12-9-15(2)21(22)26/h3-12H,13H2,1-2H3,(H,27,28). The second-order valence-electron chi connectivity index (χ2n) is 6.92. The molecule has 0 aliphatic rings. The molecule has 3 rings (SSSR count). The Morgan fingerprint density at radius 1 is 0.871 bits per heavy atom. The molecule has 0 radical (unpaired) electrons. The lowest BCUT2D eigenvalue weighted by Gasteiger charge is -2.12. The van der Waals surface area contributed by atoms with Gasteiger partial charge in [-0.2, -0.15) is 0 Å². The van der Waals surface area contributed by atoms with Gasteiger partial charge in [0.2, 0.25) is 0 Å². The highest BCUT2D eigenvalue weighted by Crippen LogP contribution is 2.32. The molecular formula is C24H19Cl2NO4. The van der Waals surface area contributed by atoms with Crippen LogP contribution in [0.25, 0.3) is 0 Å². The van der Waals surface area contributed by atoms with Crippen LogP contribution in [0.15, 0.2) is 60.7 Å². The number of halogens is 2. The fourth-order valence-electron chi connectivity index (χ4n) is 2.88. The number of rotatable bonds is 6. The summed E-state index contributed by atoms with van der Waals surface area (Å²) in [5, 5.41) is 3.12. The average molecular weight is 456 g/mol. The van der Waals surface area contributed by atoms with Gasteiger partial charge in [0.15, 0.2) is 12.4 Å². The molecule has 5 nitrogen and oxygen atoms in total. The van der Waals surface area contributed by atoms with Gasteiger partial charge in [-0.05, 0) is 31.5 Å². The molecule has 0 bridgehead atoms. The molecule has 0 spiro atoms. The van der Waals surface area contributed by atoms with Crippen molar-refractivity contribution in [2.24, 2.45) is 0 Å². The minimum absolute atomic E-state index is 0.0764. The highest BCUT2D eigenvalue weighted by molar-refractivity contribution is 6.40. The van der Waals surface area contributed by atoms with Crippen LogP contribution in [0.3, 0.4) is 0 Å². The summed E-state index contributed by atoms with van der Waals surface area (Å²) in [5.74, 6) is -1.70. The van der Waals surface area contributed by atoms with Crippen LogP contribution < -0.4 is 5.32 Å². The molecular weight excluding hydrogens is 437 g/mol. The number of aryl methyl sites for hydroxylation is 2. The highest BCUT2D eigenvalue weighted by Gasteiger charge is 2.20. The van der Waals surface area contributed by atoms with Crippen LogP contribution in [0, 0.1) is 13.8 Å². The van der Waals surface area contributed by atoms with Crippen molar-refractivity contribution in [2.75, 3.05) is 11.9 Å². The smallest absolute Gasteiger partial charge is 0.339 e. The van der Waals surface area contributed by atoms with E-state index in [1.165, 1.54) is 6.07 Å². The summed E-state index contributed by atoms with van der Waals surface area (Å²) in [7, 11) is 0. The lowest BCUT2D eigenvalue weighted by molar-refractivity contribution is -0.119. The van der Waals surface area contributed by atoms with E-state index in [4.69, 9.17) is 27.9 Å².